The Labute approximate surface area is 99.3 Å². The second-order valence-corrected chi connectivity index (χ2v) is 4.75. The summed E-state index contributed by atoms with van der Waals surface area (Å²) in [5.74, 6) is 0.0932. The van der Waals surface area contributed by atoms with Crippen molar-refractivity contribution in [1.82, 2.24) is 0 Å². The van der Waals surface area contributed by atoms with Gasteiger partial charge < -0.3 is 10.5 Å². The van der Waals surface area contributed by atoms with E-state index in [4.69, 9.17) is 5.21 Å². The average molecular weight is 230 g/mol. The fraction of sp³-hybridized carbons (Fsp3) is 0.385. The van der Waals surface area contributed by atoms with Gasteiger partial charge in [-0.2, -0.15) is 0 Å². The van der Waals surface area contributed by atoms with Crippen molar-refractivity contribution < 1.29 is 10.0 Å². The first-order valence-electron chi connectivity index (χ1n) is 5.87. The molecule has 1 aromatic rings. The van der Waals surface area contributed by atoms with Crippen LogP contribution in [0.1, 0.15) is 31.2 Å². The summed E-state index contributed by atoms with van der Waals surface area (Å²) in [4.78, 5) is 12.2. The smallest absolute Gasteiger partial charge is 0.235 e. The third-order valence-electron chi connectivity index (χ3n) is 3.95. The lowest BCUT2D eigenvalue weighted by Crippen LogP contribution is -2.38. The Morgan fingerprint density at radius 2 is 1.94 bits per heavy atom. The lowest BCUT2D eigenvalue weighted by atomic mass is 9.70. The molecule has 4 nitrogen and oxygen atoms in total. The van der Waals surface area contributed by atoms with E-state index < -0.39 is 5.41 Å². The molecule has 17 heavy (non-hydrogen) atoms. The molecule has 4 heteroatoms. The van der Waals surface area contributed by atoms with Crippen molar-refractivity contribution in [2.24, 2.45) is 5.16 Å². The highest BCUT2D eigenvalue weighted by Crippen LogP contribution is 2.46. The predicted octanol–water partition coefficient (Wildman–Crippen LogP) is 2.28. The number of carbonyl (C=O) groups excluding carboxylic acids is 1. The summed E-state index contributed by atoms with van der Waals surface area (Å²) in [5, 5.41) is 15.0. The zero-order valence-corrected chi connectivity index (χ0v) is 9.44. The average Bonchev–Trinajstić information content (AvgIpc) is 2.64. The van der Waals surface area contributed by atoms with Gasteiger partial charge in [-0.3, -0.25) is 4.79 Å². The van der Waals surface area contributed by atoms with Crippen molar-refractivity contribution in [2.45, 2.75) is 31.1 Å². The topological polar surface area (TPSA) is 61.7 Å². The number of anilines is 1. The van der Waals surface area contributed by atoms with Crippen molar-refractivity contribution in [2.75, 3.05) is 5.32 Å². The molecule has 3 rings (SSSR count). The number of nitrogens with zero attached hydrogens (tertiary/aromatic N) is 1. The number of amides is 1. The van der Waals surface area contributed by atoms with Crippen LogP contribution < -0.4 is 5.32 Å². The van der Waals surface area contributed by atoms with Gasteiger partial charge in [0.05, 0.1) is 11.1 Å². The van der Waals surface area contributed by atoms with Gasteiger partial charge in [0.15, 0.2) is 0 Å². The van der Waals surface area contributed by atoms with E-state index in [9.17, 15) is 4.79 Å². The molecule has 88 valence electrons. The third-order valence-corrected chi connectivity index (χ3v) is 3.95. The highest BCUT2D eigenvalue weighted by Gasteiger charge is 2.47. The number of hydrogen-bond acceptors (Lipinski definition) is 3. The zero-order chi connectivity index (χ0) is 11.9. The number of oxime groups is 1. The predicted molar refractivity (Wildman–Crippen MR) is 64.4 cm³/mol. The molecular weight excluding hydrogens is 216 g/mol. The largest absolute Gasteiger partial charge is 0.411 e. The number of para-hydroxylation sites is 1. The lowest BCUT2D eigenvalue weighted by molar-refractivity contribution is -0.121. The van der Waals surface area contributed by atoms with E-state index in [1.807, 2.05) is 24.3 Å². The number of nitrogens with one attached hydrogen (secondary N) is 1. The minimum Gasteiger partial charge on any atom is -0.411 e. The first-order chi connectivity index (χ1) is 8.26. The summed E-state index contributed by atoms with van der Waals surface area (Å²) >= 11 is 0. The summed E-state index contributed by atoms with van der Waals surface area (Å²) in [6.07, 6.45) is 2.85. The molecule has 1 aromatic carbocycles. The summed E-state index contributed by atoms with van der Waals surface area (Å²) in [7, 11) is 0. The van der Waals surface area contributed by atoms with Gasteiger partial charge in [0.25, 0.3) is 0 Å². The minimum atomic E-state index is -0.398. The van der Waals surface area contributed by atoms with Gasteiger partial charge in [-0.1, -0.05) is 23.4 Å². The molecule has 1 aliphatic carbocycles. The van der Waals surface area contributed by atoms with Crippen LogP contribution >= 0.6 is 0 Å². The van der Waals surface area contributed by atoms with Crippen LogP contribution in [-0.2, 0) is 10.2 Å². The van der Waals surface area contributed by atoms with Crippen molar-refractivity contribution in [1.29, 1.82) is 0 Å². The van der Waals surface area contributed by atoms with E-state index in [0.29, 0.717) is 12.8 Å². The van der Waals surface area contributed by atoms with E-state index in [2.05, 4.69) is 10.5 Å². The fourth-order valence-corrected chi connectivity index (χ4v) is 2.94. The van der Waals surface area contributed by atoms with Crippen LogP contribution in [0.5, 0.6) is 0 Å². The van der Waals surface area contributed by atoms with E-state index in [1.54, 1.807) is 0 Å². The van der Waals surface area contributed by atoms with E-state index in [1.165, 1.54) is 0 Å². The van der Waals surface area contributed by atoms with E-state index >= 15 is 0 Å². The molecule has 0 aromatic heterocycles. The summed E-state index contributed by atoms with van der Waals surface area (Å²) in [5.41, 5.74) is 2.43. The van der Waals surface area contributed by atoms with Crippen molar-refractivity contribution in [3.8, 4) is 0 Å². The molecule has 0 saturated heterocycles. The molecule has 1 heterocycles. The van der Waals surface area contributed by atoms with Crippen molar-refractivity contribution >= 4 is 17.3 Å². The third kappa shape index (κ3) is 1.37. The Bertz CT molecular complexity index is 498. The molecule has 1 fully saturated rings. The quantitative estimate of drug-likeness (QED) is 0.530. The zero-order valence-electron chi connectivity index (χ0n) is 9.44. The van der Waals surface area contributed by atoms with Gasteiger partial charge in [0.2, 0.25) is 5.91 Å². The molecule has 0 bridgehead atoms. The van der Waals surface area contributed by atoms with Crippen molar-refractivity contribution in [3.05, 3.63) is 29.8 Å². The maximum atomic E-state index is 12.2. The van der Waals surface area contributed by atoms with Crippen molar-refractivity contribution in [3.63, 3.8) is 0 Å². The van der Waals surface area contributed by atoms with Gasteiger partial charge in [-0.25, -0.2) is 0 Å². The van der Waals surface area contributed by atoms with Crippen LogP contribution in [0.25, 0.3) is 0 Å². The van der Waals surface area contributed by atoms with Crippen LogP contribution in [-0.4, -0.2) is 16.8 Å². The van der Waals surface area contributed by atoms with Crippen LogP contribution in [0.3, 0.4) is 0 Å². The number of carbonyl (C=O) groups is 1. The van der Waals surface area contributed by atoms with Gasteiger partial charge in [-0.05, 0) is 37.3 Å². The van der Waals surface area contributed by atoms with Gasteiger partial charge in [0, 0.05) is 5.69 Å². The SMILES string of the molecule is O=C1Nc2ccccc2C12CCC(=NO)CC2. The lowest BCUT2D eigenvalue weighted by Gasteiger charge is -2.31. The Balaban J connectivity index is 2.01. The van der Waals surface area contributed by atoms with Crippen LogP contribution in [0.2, 0.25) is 0 Å². The molecule has 1 aliphatic heterocycles. The highest BCUT2D eigenvalue weighted by molar-refractivity contribution is 6.07. The maximum absolute atomic E-state index is 12.2. The standard InChI is InChI=1S/C13H14N2O2/c16-12-13(7-5-9(15-17)6-8-13)10-3-1-2-4-11(10)14-12/h1-4,17H,5-8H2,(H,14,16). The second-order valence-electron chi connectivity index (χ2n) is 4.75. The number of fused-ring (bicyclic) bond motifs is 2. The Kier molecular flexibility index (Phi) is 2.18. The Morgan fingerprint density at radius 3 is 2.65 bits per heavy atom. The van der Waals surface area contributed by atoms with E-state index in [0.717, 1.165) is 29.8 Å². The number of benzene rings is 1. The van der Waals surface area contributed by atoms with Crippen LogP contribution in [0.15, 0.2) is 29.4 Å². The minimum absolute atomic E-state index is 0.0932. The van der Waals surface area contributed by atoms with Crippen LogP contribution in [0, 0.1) is 0 Å². The van der Waals surface area contributed by atoms with Gasteiger partial charge >= 0.3 is 0 Å². The summed E-state index contributed by atoms with van der Waals surface area (Å²) < 4.78 is 0. The summed E-state index contributed by atoms with van der Waals surface area (Å²) in [6.45, 7) is 0. The molecule has 1 saturated carbocycles. The number of rotatable bonds is 0. The Hall–Kier alpha value is -1.84. The first-order valence-corrected chi connectivity index (χ1v) is 5.87. The molecule has 0 atom stereocenters. The van der Waals surface area contributed by atoms with E-state index in [-0.39, 0.29) is 5.91 Å². The molecule has 2 aliphatic rings. The molecule has 1 spiro atoms. The van der Waals surface area contributed by atoms with Gasteiger partial charge in [0.1, 0.15) is 0 Å². The monoisotopic (exact) mass is 230 g/mol. The maximum Gasteiger partial charge on any atom is 0.235 e. The molecular formula is C13H14N2O2. The first kappa shape index (κ1) is 10.3. The second kappa shape index (κ2) is 3.58. The number of hydrogen-bond donors (Lipinski definition) is 2. The molecule has 0 radical (unpaired) electrons. The molecule has 2 N–H and O–H groups in total. The van der Waals surface area contributed by atoms with Crippen LogP contribution in [0.4, 0.5) is 5.69 Å². The molecule has 1 amide bonds. The normalized spacial score (nSPS) is 26.8. The van der Waals surface area contributed by atoms with Gasteiger partial charge in [-0.15, -0.1) is 0 Å². The summed E-state index contributed by atoms with van der Waals surface area (Å²) in [6, 6.07) is 7.87. The fourth-order valence-electron chi connectivity index (χ4n) is 2.94. The molecule has 0 unspecified atom stereocenters. The Morgan fingerprint density at radius 1 is 1.24 bits per heavy atom. The highest BCUT2D eigenvalue weighted by atomic mass is 16.4.